The number of allylic oxidation sites excluding steroid dienone is 1. The molecule has 0 bridgehead atoms. The van der Waals surface area contributed by atoms with Crippen LogP contribution in [-0.2, 0) is 13.2 Å². The Bertz CT molecular complexity index is 1260. The number of carbonyl (C=O) groups is 1. The molecule has 0 spiro atoms. The van der Waals surface area contributed by atoms with Crippen LogP contribution < -0.4 is 10.9 Å². The van der Waals surface area contributed by atoms with Crippen LogP contribution in [0.25, 0.3) is 16.7 Å². The fourth-order valence-electron chi connectivity index (χ4n) is 3.62. The molecule has 9 nitrogen and oxygen atoms in total. The third kappa shape index (κ3) is 4.20. The Labute approximate surface area is 180 Å². The van der Waals surface area contributed by atoms with Crippen molar-refractivity contribution in [2.45, 2.75) is 31.5 Å². The highest BCUT2D eigenvalue weighted by Crippen LogP contribution is 2.30. The number of aromatic amines is 1. The summed E-state index contributed by atoms with van der Waals surface area (Å²) in [6, 6.07) is -0.181. The first kappa shape index (κ1) is 21.5. The molecule has 168 valence electrons. The summed E-state index contributed by atoms with van der Waals surface area (Å²) < 4.78 is 40.0. The van der Waals surface area contributed by atoms with E-state index < -0.39 is 29.0 Å². The standard InChI is InChI=1S/C20H20F3N7O2/c1-29-10-12(20(21,22)23)7-14(18(29)31)27-19(32)30(2)13-5-3-11(4-6-13)15-8-24-17-16(26-15)9-25-28-17/h3,7-10,13H,4-6H2,1-2H3,(H,27,32)(H,24,25,28). The Kier molecular flexibility index (Phi) is 5.45. The maximum absolute atomic E-state index is 13.1. The van der Waals surface area contributed by atoms with Gasteiger partial charge in [0.25, 0.3) is 5.56 Å². The van der Waals surface area contributed by atoms with E-state index in [2.05, 4.69) is 25.5 Å². The number of nitrogens with zero attached hydrogens (tertiary/aromatic N) is 5. The minimum absolute atomic E-state index is 0.181. The van der Waals surface area contributed by atoms with Gasteiger partial charge >= 0.3 is 12.2 Å². The molecular weight excluding hydrogens is 427 g/mol. The van der Waals surface area contributed by atoms with Gasteiger partial charge in [0.2, 0.25) is 0 Å². The molecule has 4 rings (SSSR count). The number of hydrogen-bond acceptors (Lipinski definition) is 5. The summed E-state index contributed by atoms with van der Waals surface area (Å²) in [4.78, 5) is 35.0. The number of amides is 2. The van der Waals surface area contributed by atoms with Gasteiger partial charge in [0, 0.05) is 26.3 Å². The van der Waals surface area contributed by atoms with Gasteiger partial charge in [-0.1, -0.05) is 6.08 Å². The van der Waals surface area contributed by atoms with Crippen LogP contribution in [0.15, 0.2) is 35.5 Å². The summed E-state index contributed by atoms with van der Waals surface area (Å²) >= 11 is 0. The molecule has 3 aromatic rings. The van der Waals surface area contributed by atoms with Gasteiger partial charge in [0.1, 0.15) is 11.2 Å². The normalized spacial score (nSPS) is 16.7. The Morgan fingerprint density at radius 3 is 2.81 bits per heavy atom. The number of pyridine rings is 1. The number of carbonyl (C=O) groups excluding carboxylic acids is 1. The highest BCUT2D eigenvalue weighted by molar-refractivity contribution is 5.89. The fraction of sp³-hybridized carbons (Fsp3) is 0.350. The number of anilines is 1. The summed E-state index contributed by atoms with van der Waals surface area (Å²) in [6.07, 6.45) is 3.08. The summed E-state index contributed by atoms with van der Waals surface area (Å²) in [5.74, 6) is 0. The number of aryl methyl sites for hydroxylation is 1. The summed E-state index contributed by atoms with van der Waals surface area (Å²) in [5.41, 5.74) is 0.825. The largest absolute Gasteiger partial charge is 0.417 e. The van der Waals surface area contributed by atoms with Crippen LogP contribution in [0.2, 0.25) is 0 Å². The molecule has 3 heterocycles. The summed E-state index contributed by atoms with van der Waals surface area (Å²) in [5, 5.41) is 8.96. The number of rotatable bonds is 3. The molecule has 0 aromatic carbocycles. The Morgan fingerprint density at radius 2 is 2.12 bits per heavy atom. The zero-order valence-electron chi connectivity index (χ0n) is 17.3. The number of fused-ring (bicyclic) bond motifs is 1. The third-order valence-corrected chi connectivity index (χ3v) is 5.49. The van der Waals surface area contributed by atoms with Crippen LogP contribution >= 0.6 is 0 Å². The first-order valence-corrected chi connectivity index (χ1v) is 9.80. The van der Waals surface area contributed by atoms with Crippen LogP contribution in [0, 0.1) is 0 Å². The highest BCUT2D eigenvalue weighted by Gasteiger charge is 2.32. The number of alkyl halides is 3. The predicted octanol–water partition coefficient (Wildman–Crippen LogP) is 3.17. The van der Waals surface area contributed by atoms with Gasteiger partial charge in [-0.25, -0.2) is 14.8 Å². The van der Waals surface area contributed by atoms with E-state index in [1.54, 1.807) is 19.4 Å². The lowest BCUT2D eigenvalue weighted by molar-refractivity contribution is -0.138. The van der Waals surface area contributed by atoms with Gasteiger partial charge in [0.15, 0.2) is 5.65 Å². The van der Waals surface area contributed by atoms with E-state index in [-0.39, 0.29) is 6.04 Å². The van der Waals surface area contributed by atoms with E-state index in [1.165, 1.54) is 11.9 Å². The summed E-state index contributed by atoms with van der Waals surface area (Å²) in [6.45, 7) is 0. The van der Waals surface area contributed by atoms with Crippen LogP contribution in [0.5, 0.6) is 0 Å². The van der Waals surface area contributed by atoms with Crippen LogP contribution in [0.1, 0.15) is 30.5 Å². The topological polar surface area (TPSA) is 109 Å². The van der Waals surface area contributed by atoms with Crippen molar-refractivity contribution in [3.8, 4) is 0 Å². The van der Waals surface area contributed by atoms with Crippen LogP contribution in [0.3, 0.4) is 0 Å². The molecule has 1 unspecified atom stereocenters. The van der Waals surface area contributed by atoms with E-state index in [1.807, 2.05) is 6.08 Å². The van der Waals surface area contributed by atoms with E-state index in [0.717, 1.165) is 15.8 Å². The van der Waals surface area contributed by atoms with Crippen molar-refractivity contribution >= 4 is 28.5 Å². The van der Waals surface area contributed by atoms with Gasteiger partial charge in [-0.15, -0.1) is 0 Å². The molecule has 12 heteroatoms. The quantitative estimate of drug-likeness (QED) is 0.641. The molecule has 0 aliphatic heterocycles. The molecule has 2 amide bonds. The minimum Gasteiger partial charge on any atom is -0.324 e. The van der Waals surface area contributed by atoms with E-state index in [9.17, 15) is 22.8 Å². The molecule has 1 atom stereocenters. The van der Waals surface area contributed by atoms with E-state index >= 15 is 0 Å². The maximum Gasteiger partial charge on any atom is 0.417 e. The van der Waals surface area contributed by atoms with Gasteiger partial charge in [-0.05, 0) is 30.9 Å². The molecule has 3 aromatic heterocycles. The van der Waals surface area contributed by atoms with Crippen molar-refractivity contribution in [1.29, 1.82) is 0 Å². The zero-order chi connectivity index (χ0) is 23.0. The molecule has 0 radical (unpaired) electrons. The predicted molar refractivity (Wildman–Crippen MR) is 111 cm³/mol. The first-order chi connectivity index (χ1) is 15.1. The zero-order valence-corrected chi connectivity index (χ0v) is 17.3. The maximum atomic E-state index is 13.1. The third-order valence-electron chi connectivity index (χ3n) is 5.49. The number of halogens is 3. The Hall–Kier alpha value is -3.70. The lowest BCUT2D eigenvalue weighted by Crippen LogP contribution is -2.41. The lowest BCUT2D eigenvalue weighted by Gasteiger charge is -2.30. The van der Waals surface area contributed by atoms with Crippen LogP contribution in [0.4, 0.5) is 23.7 Å². The van der Waals surface area contributed by atoms with Gasteiger partial charge in [-0.2, -0.15) is 18.3 Å². The van der Waals surface area contributed by atoms with E-state index in [0.29, 0.717) is 42.7 Å². The number of aromatic nitrogens is 5. The molecule has 0 saturated carbocycles. The molecule has 2 N–H and O–H groups in total. The number of H-pyrrole nitrogens is 1. The number of nitrogens with one attached hydrogen (secondary N) is 2. The van der Waals surface area contributed by atoms with Crippen molar-refractivity contribution in [2.75, 3.05) is 12.4 Å². The second kappa shape index (κ2) is 8.09. The van der Waals surface area contributed by atoms with Crippen molar-refractivity contribution < 1.29 is 18.0 Å². The average molecular weight is 447 g/mol. The SMILES string of the molecule is CN(C(=O)Nc1cc(C(F)(F)F)cn(C)c1=O)C1CC=C(c2cnc3[nH]ncc3n2)CC1. The molecular formula is C20H20F3N7O2. The van der Waals surface area contributed by atoms with E-state index in [4.69, 9.17) is 0 Å². The molecule has 32 heavy (non-hydrogen) atoms. The van der Waals surface area contributed by atoms with Gasteiger partial charge in [-0.3, -0.25) is 9.89 Å². The Balaban J connectivity index is 1.46. The average Bonchev–Trinajstić information content (AvgIpc) is 3.23. The molecule has 0 saturated heterocycles. The number of urea groups is 1. The van der Waals surface area contributed by atoms with Crippen molar-refractivity contribution in [3.63, 3.8) is 0 Å². The molecule has 1 aliphatic rings. The molecule has 0 fully saturated rings. The van der Waals surface area contributed by atoms with Crippen molar-refractivity contribution in [3.05, 3.63) is 52.3 Å². The smallest absolute Gasteiger partial charge is 0.324 e. The lowest BCUT2D eigenvalue weighted by atomic mass is 9.93. The summed E-state index contributed by atoms with van der Waals surface area (Å²) in [7, 11) is 2.75. The second-order valence-electron chi connectivity index (χ2n) is 7.61. The fourth-order valence-corrected chi connectivity index (χ4v) is 3.62. The van der Waals surface area contributed by atoms with Gasteiger partial charge < -0.3 is 14.8 Å². The number of hydrogen-bond donors (Lipinski definition) is 2. The second-order valence-corrected chi connectivity index (χ2v) is 7.61. The van der Waals surface area contributed by atoms with Crippen molar-refractivity contribution in [2.24, 2.45) is 7.05 Å². The van der Waals surface area contributed by atoms with Crippen LogP contribution in [-0.4, -0.2) is 48.8 Å². The van der Waals surface area contributed by atoms with Gasteiger partial charge in [0.05, 0.1) is 23.7 Å². The first-order valence-electron chi connectivity index (χ1n) is 9.80. The Morgan fingerprint density at radius 1 is 1.34 bits per heavy atom. The highest BCUT2D eigenvalue weighted by atomic mass is 19.4. The minimum atomic E-state index is -4.64. The molecule has 1 aliphatic carbocycles. The monoisotopic (exact) mass is 447 g/mol. The van der Waals surface area contributed by atoms with Crippen molar-refractivity contribution in [1.82, 2.24) is 29.6 Å².